The Hall–Kier alpha value is -6.08. The number of hydrogen-bond donors (Lipinski definition) is 1. The fourth-order valence-electron chi connectivity index (χ4n) is 8.52. The summed E-state index contributed by atoms with van der Waals surface area (Å²) in [6.07, 6.45) is 1.92. The average Bonchev–Trinajstić information content (AvgIpc) is 3.66. The lowest BCUT2D eigenvalue weighted by Gasteiger charge is -2.21. The second-order valence-electron chi connectivity index (χ2n) is 16.2. The fourth-order valence-corrected chi connectivity index (χ4v) is 9.85. The van der Waals surface area contributed by atoms with Crippen molar-refractivity contribution < 1.29 is 27.5 Å². The van der Waals surface area contributed by atoms with Crippen molar-refractivity contribution >= 4 is 55.9 Å². The van der Waals surface area contributed by atoms with E-state index < -0.39 is 15.9 Å². The van der Waals surface area contributed by atoms with Gasteiger partial charge in [0.15, 0.2) is 0 Å². The summed E-state index contributed by atoms with van der Waals surface area (Å²) in [5.74, 6) is 0.369. The maximum absolute atomic E-state index is 14.9. The molecule has 5 aromatic carbocycles. The molecule has 1 aliphatic rings. The van der Waals surface area contributed by atoms with Crippen LogP contribution in [0.5, 0.6) is 11.5 Å². The van der Waals surface area contributed by atoms with Crippen LogP contribution in [0.4, 0.5) is 0 Å². The Bertz CT molecular complexity index is 2980. The number of aromatic nitrogens is 3. The molecule has 0 aliphatic carbocycles. The van der Waals surface area contributed by atoms with E-state index in [1.165, 1.54) is 12.1 Å². The number of nitrogens with zero attached hydrogens (tertiary/aromatic N) is 4. The number of rotatable bonds is 14. The maximum atomic E-state index is 14.9. The second-order valence-corrected chi connectivity index (χ2v) is 18.7. The lowest BCUT2D eigenvalue weighted by Crippen LogP contribution is -2.31. The molecule has 0 bridgehead atoms. The third kappa shape index (κ3) is 9.13. The van der Waals surface area contributed by atoms with Gasteiger partial charge in [0.2, 0.25) is 0 Å². The van der Waals surface area contributed by atoms with Gasteiger partial charge in [0.1, 0.15) is 23.8 Å². The summed E-state index contributed by atoms with van der Waals surface area (Å²) >= 11 is 13.5. The van der Waals surface area contributed by atoms with E-state index in [0.717, 1.165) is 72.0 Å². The van der Waals surface area contributed by atoms with Gasteiger partial charge in [-0.15, -0.1) is 0 Å². The molecule has 14 heteroatoms. The largest absolute Gasteiger partial charge is 0.494 e. The number of hydrogen-bond acceptors (Lipinski definition) is 7. The molecule has 64 heavy (non-hydrogen) atoms. The quantitative estimate of drug-likeness (QED) is 0.108. The van der Waals surface area contributed by atoms with Crippen LogP contribution in [-0.4, -0.2) is 52.6 Å². The summed E-state index contributed by atoms with van der Waals surface area (Å²) in [7, 11) is -2.25. The van der Waals surface area contributed by atoms with Crippen LogP contribution in [0.2, 0.25) is 10.0 Å². The number of carbonyl (C=O) groups excluding carboxylic acids is 2. The monoisotopic (exact) mass is 917 g/mol. The molecule has 0 spiro atoms. The Morgan fingerprint density at radius 3 is 2.19 bits per heavy atom. The zero-order chi connectivity index (χ0) is 45.3. The third-order valence-corrected chi connectivity index (χ3v) is 14.0. The highest BCUT2D eigenvalue weighted by Gasteiger charge is 2.32. The van der Waals surface area contributed by atoms with Crippen molar-refractivity contribution in [3.8, 4) is 22.6 Å². The summed E-state index contributed by atoms with van der Waals surface area (Å²) in [6, 6.07) is 30.0. The van der Waals surface area contributed by atoms with E-state index in [0.29, 0.717) is 62.0 Å². The average molecular weight is 919 g/mol. The van der Waals surface area contributed by atoms with Gasteiger partial charge in [0.25, 0.3) is 21.8 Å². The van der Waals surface area contributed by atoms with Crippen LogP contribution < -0.4 is 14.2 Å². The van der Waals surface area contributed by atoms with Crippen molar-refractivity contribution in [3.63, 3.8) is 0 Å². The van der Waals surface area contributed by atoms with Crippen LogP contribution in [0.25, 0.3) is 22.0 Å². The molecule has 2 amide bonds. The molecule has 3 heterocycles. The molecule has 2 aromatic heterocycles. The lowest BCUT2D eigenvalue weighted by atomic mass is 9.98. The molecular formula is C50H49Cl2N5O6S. The normalized spacial score (nSPS) is 12.9. The van der Waals surface area contributed by atoms with E-state index >= 15 is 0 Å². The van der Waals surface area contributed by atoms with Crippen LogP contribution >= 0.6 is 23.2 Å². The number of benzene rings is 5. The first kappa shape index (κ1) is 44.5. The standard InChI is InChI=1S/C50H49Cl2N5O6S/c1-31-27-39(28-32(2)46(31)52)62-26-9-13-41-42-22-23-43(51)45(44-33(3)53-55(5)34(44)4)47(42)57-25-10-24-56(50(59)48(41)57)29-35-14-16-37(17-15-35)49(58)54-64(60,61)40-20-18-38(19-21-40)63-30-36-11-7-6-8-12-36/h6-8,11-12,14-23,27-28H,9-10,13,24-26,29-30H2,1-5H3,(H,54,58). The van der Waals surface area contributed by atoms with E-state index in [2.05, 4.69) is 9.29 Å². The Balaban J connectivity index is 1.02. The number of amides is 2. The number of aryl methyl sites for hydroxylation is 6. The second kappa shape index (κ2) is 18.6. The zero-order valence-electron chi connectivity index (χ0n) is 36.4. The van der Waals surface area contributed by atoms with Gasteiger partial charge in [-0.1, -0.05) is 71.7 Å². The number of fused-ring (bicyclic) bond motifs is 3. The van der Waals surface area contributed by atoms with Crippen molar-refractivity contribution in [1.29, 1.82) is 0 Å². The Kier molecular flexibility index (Phi) is 12.9. The predicted molar refractivity (Wildman–Crippen MR) is 251 cm³/mol. The van der Waals surface area contributed by atoms with E-state index in [1.54, 1.807) is 36.4 Å². The van der Waals surface area contributed by atoms with Crippen molar-refractivity contribution in [2.24, 2.45) is 7.05 Å². The third-order valence-electron chi connectivity index (χ3n) is 11.8. The number of sulfonamides is 1. The topological polar surface area (TPSA) is 125 Å². The maximum Gasteiger partial charge on any atom is 0.271 e. The molecule has 8 rings (SSSR count). The van der Waals surface area contributed by atoms with Gasteiger partial charge in [-0.2, -0.15) is 5.10 Å². The van der Waals surface area contributed by atoms with E-state index in [9.17, 15) is 18.0 Å². The van der Waals surface area contributed by atoms with Crippen molar-refractivity contribution in [1.82, 2.24) is 24.0 Å². The van der Waals surface area contributed by atoms with Gasteiger partial charge < -0.3 is 18.9 Å². The molecule has 0 atom stereocenters. The van der Waals surface area contributed by atoms with Gasteiger partial charge in [-0.3, -0.25) is 14.3 Å². The van der Waals surface area contributed by atoms with Gasteiger partial charge in [0.05, 0.1) is 27.7 Å². The van der Waals surface area contributed by atoms with Gasteiger partial charge in [-0.05, 0) is 129 Å². The molecule has 7 aromatic rings. The minimum Gasteiger partial charge on any atom is -0.494 e. The predicted octanol–water partition coefficient (Wildman–Crippen LogP) is 10.3. The first-order valence-electron chi connectivity index (χ1n) is 21.2. The van der Waals surface area contributed by atoms with Crippen molar-refractivity contribution in [2.45, 2.75) is 71.5 Å². The summed E-state index contributed by atoms with van der Waals surface area (Å²) in [4.78, 5) is 29.9. The zero-order valence-corrected chi connectivity index (χ0v) is 38.7. The van der Waals surface area contributed by atoms with Crippen LogP contribution in [0.3, 0.4) is 0 Å². The molecule has 11 nitrogen and oxygen atoms in total. The summed E-state index contributed by atoms with van der Waals surface area (Å²) in [5, 5.41) is 6.98. The van der Waals surface area contributed by atoms with E-state index in [-0.39, 0.29) is 22.9 Å². The Labute approximate surface area is 383 Å². The highest BCUT2D eigenvalue weighted by atomic mass is 35.5. The SMILES string of the molecule is Cc1cc(OCCCc2c3n(c4c(-c5c(C)nn(C)c5C)c(Cl)ccc24)CCCN(Cc2ccc(C(=O)NS(=O)(=O)c4ccc(OCc5ccccc5)cc4)cc2)C3=O)cc(C)c1Cl. The number of halogens is 2. The summed E-state index contributed by atoms with van der Waals surface area (Å²) in [5.41, 5.74) is 9.93. The molecule has 0 saturated carbocycles. The molecule has 1 N–H and O–H groups in total. The molecule has 0 fully saturated rings. The van der Waals surface area contributed by atoms with Gasteiger partial charge in [0, 0.05) is 59.5 Å². The van der Waals surface area contributed by atoms with Gasteiger partial charge in [-0.25, -0.2) is 13.1 Å². The first-order chi connectivity index (χ1) is 30.7. The molecule has 0 unspecified atom stereocenters. The smallest absolute Gasteiger partial charge is 0.271 e. The molecular weight excluding hydrogens is 870 g/mol. The minimum atomic E-state index is -4.17. The first-order valence-corrected chi connectivity index (χ1v) is 23.4. The van der Waals surface area contributed by atoms with Crippen LogP contribution in [0.1, 0.15) is 72.9 Å². The van der Waals surface area contributed by atoms with Crippen LogP contribution in [0.15, 0.2) is 108 Å². The highest BCUT2D eigenvalue weighted by molar-refractivity contribution is 7.90. The van der Waals surface area contributed by atoms with E-state index in [1.807, 2.05) is 98.9 Å². The van der Waals surface area contributed by atoms with Crippen molar-refractivity contribution in [2.75, 3.05) is 13.2 Å². The fraction of sp³-hybridized carbons (Fsp3) is 0.260. The highest BCUT2D eigenvalue weighted by Crippen LogP contribution is 2.43. The Morgan fingerprint density at radius 2 is 1.52 bits per heavy atom. The lowest BCUT2D eigenvalue weighted by molar-refractivity contribution is 0.0744. The minimum absolute atomic E-state index is 0.0691. The molecule has 0 saturated heterocycles. The molecule has 330 valence electrons. The number of ether oxygens (including phenoxy) is 2. The molecule has 0 radical (unpaired) electrons. The summed E-state index contributed by atoms with van der Waals surface area (Å²) in [6.45, 7) is 10.1. The number of nitrogens with one attached hydrogen (secondary N) is 1. The van der Waals surface area contributed by atoms with Gasteiger partial charge >= 0.3 is 0 Å². The van der Waals surface area contributed by atoms with Crippen LogP contribution in [-0.2, 0) is 43.2 Å². The molecule has 1 aliphatic heterocycles. The Morgan fingerprint density at radius 1 is 0.812 bits per heavy atom. The van der Waals surface area contributed by atoms with E-state index in [4.69, 9.17) is 37.8 Å². The number of carbonyl (C=O) groups is 2. The van der Waals surface area contributed by atoms with Crippen LogP contribution in [0, 0.1) is 27.7 Å². The summed E-state index contributed by atoms with van der Waals surface area (Å²) < 4.78 is 44.6. The van der Waals surface area contributed by atoms with Crippen molar-refractivity contribution in [3.05, 3.63) is 164 Å².